The van der Waals surface area contributed by atoms with Crippen LogP contribution in [0.5, 0.6) is 0 Å². The first kappa shape index (κ1) is 9.70. The monoisotopic (exact) mass is 208 g/mol. The second-order valence-corrected chi connectivity index (χ2v) is 3.54. The fourth-order valence-corrected chi connectivity index (χ4v) is 1.85. The predicted molar refractivity (Wildman–Crippen MR) is 53.5 cm³/mol. The van der Waals surface area contributed by atoms with E-state index in [1.807, 2.05) is 0 Å². The van der Waals surface area contributed by atoms with Gasteiger partial charge < -0.3 is 10.0 Å². The third kappa shape index (κ3) is 1.21. The Morgan fingerprint density at radius 2 is 2.27 bits per heavy atom. The average molecular weight is 208 g/mol. The molecule has 1 aliphatic heterocycles. The third-order valence-electron chi connectivity index (χ3n) is 2.76. The Hall–Kier alpha value is -1.85. The molecule has 6 heteroatoms. The molecule has 2 rings (SSSR count). The average Bonchev–Trinajstić information content (AvgIpc) is 2.62. The van der Waals surface area contributed by atoms with Crippen molar-refractivity contribution in [2.45, 2.75) is 19.9 Å². The van der Waals surface area contributed by atoms with E-state index in [9.17, 15) is 4.79 Å². The number of allylic oxidation sites excluding steroid dienone is 1. The molecule has 1 atom stereocenters. The van der Waals surface area contributed by atoms with Gasteiger partial charge in [-0.2, -0.15) is 10.1 Å². The predicted octanol–water partition coefficient (Wildman–Crippen LogP) is 0.647. The minimum atomic E-state index is -0.909. The summed E-state index contributed by atoms with van der Waals surface area (Å²) in [6.45, 7) is 3.58. The Bertz CT molecular complexity index is 449. The lowest BCUT2D eigenvalue weighted by Gasteiger charge is -2.30. The lowest BCUT2D eigenvalue weighted by molar-refractivity contribution is -0.133. The molecule has 0 radical (unpaired) electrons. The molecular formula is C9H12N4O2. The number of fused-ring (bicyclic) bond motifs is 1. The second kappa shape index (κ2) is 3.08. The van der Waals surface area contributed by atoms with E-state index in [-0.39, 0.29) is 6.04 Å². The van der Waals surface area contributed by atoms with Gasteiger partial charge in [0, 0.05) is 12.7 Å². The van der Waals surface area contributed by atoms with Crippen molar-refractivity contribution in [3.05, 3.63) is 17.6 Å². The van der Waals surface area contributed by atoms with Gasteiger partial charge in [-0.1, -0.05) is 0 Å². The van der Waals surface area contributed by atoms with Crippen LogP contribution in [-0.4, -0.2) is 32.9 Å². The Morgan fingerprint density at radius 3 is 2.87 bits per heavy atom. The van der Waals surface area contributed by atoms with Gasteiger partial charge in [-0.05, 0) is 13.8 Å². The molecule has 15 heavy (non-hydrogen) atoms. The van der Waals surface area contributed by atoms with Crippen LogP contribution in [0, 0.1) is 0 Å². The normalized spacial score (nSPS) is 20.5. The molecule has 0 amide bonds. The summed E-state index contributed by atoms with van der Waals surface area (Å²) >= 11 is 0. The van der Waals surface area contributed by atoms with Gasteiger partial charge in [-0.15, -0.1) is 0 Å². The summed E-state index contributed by atoms with van der Waals surface area (Å²) in [4.78, 5) is 16.9. The number of nitrogens with zero attached hydrogens (tertiary/aromatic N) is 4. The Labute approximate surface area is 86.8 Å². The zero-order valence-corrected chi connectivity index (χ0v) is 8.80. The van der Waals surface area contributed by atoms with Gasteiger partial charge in [0.15, 0.2) is 0 Å². The van der Waals surface area contributed by atoms with Crippen molar-refractivity contribution in [2.24, 2.45) is 0 Å². The quantitative estimate of drug-likeness (QED) is 0.733. The number of carbonyl (C=O) groups is 1. The smallest absolute Gasteiger partial charge is 0.335 e. The molecule has 0 saturated heterocycles. The highest BCUT2D eigenvalue weighted by Crippen LogP contribution is 2.31. The van der Waals surface area contributed by atoms with Crippen LogP contribution in [0.1, 0.15) is 19.9 Å². The van der Waals surface area contributed by atoms with Crippen LogP contribution in [0.3, 0.4) is 0 Å². The highest BCUT2D eigenvalue weighted by atomic mass is 16.4. The molecule has 1 aliphatic rings. The van der Waals surface area contributed by atoms with Gasteiger partial charge in [0.1, 0.15) is 6.33 Å². The summed E-state index contributed by atoms with van der Waals surface area (Å²) in [7, 11) is 1.78. The van der Waals surface area contributed by atoms with E-state index in [2.05, 4.69) is 10.1 Å². The lowest BCUT2D eigenvalue weighted by atomic mass is 10.1. The summed E-state index contributed by atoms with van der Waals surface area (Å²) in [6.07, 6.45) is 1.43. The number of hydrogen-bond donors (Lipinski definition) is 1. The van der Waals surface area contributed by atoms with Crippen molar-refractivity contribution in [1.29, 1.82) is 0 Å². The lowest BCUT2D eigenvalue weighted by Crippen LogP contribution is -2.32. The maximum atomic E-state index is 11.1. The van der Waals surface area contributed by atoms with E-state index in [4.69, 9.17) is 5.11 Å². The highest BCUT2D eigenvalue weighted by molar-refractivity contribution is 5.89. The molecule has 0 bridgehead atoms. The zero-order valence-electron chi connectivity index (χ0n) is 8.80. The van der Waals surface area contributed by atoms with E-state index < -0.39 is 5.97 Å². The van der Waals surface area contributed by atoms with E-state index in [0.717, 1.165) is 0 Å². The van der Waals surface area contributed by atoms with Crippen molar-refractivity contribution in [3.8, 4) is 0 Å². The molecule has 80 valence electrons. The minimum Gasteiger partial charge on any atom is -0.478 e. The summed E-state index contributed by atoms with van der Waals surface area (Å²) in [5.74, 6) is -0.238. The Balaban J connectivity index is 2.59. The number of hydrogen-bond acceptors (Lipinski definition) is 4. The number of anilines is 1. The van der Waals surface area contributed by atoms with Crippen molar-refractivity contribution >= 4 is 11.9 Å². The largest absolute Gasteiger partial charge is 0.478 e. The van der Waals surface area contributed by atoms with Crippen molar-refractivity contribution in [1.82, 2.24) is 14.8 Å². The summed E-state index contributed by atoms with van der Waals surface area (Å²) in [5, 5.41) is 13.1. The molecule has 0 unspecified atom stereocenters. The highest BCUT2D eigenvalue weighted by Gasteiger charge is 2.31. The molecule has 1 N–H and O–H groups in total. The van der Waals surface area contributed by atoms with E-state index in [0.29, 0.717) is 17.2 Å². The van der Waals surface area contributed by atoms with Crippen LogP contribution in [0.2, 0.25) is 0 Å². The van der Waals surface area contributed by atoms with Crippen molar-refractivity contribution in [3.63, 3.8) is 0 Å². The van der Waals surface area contributed by atoms with Crippen LogP contribution in [0.4, 0.5) is 5.95 Å². The van der Waals surface area contributed by atoms with Gasteiger partial charge in [0.05, 0.1) is 11.6 Å². The number of aliphatic carboxylic acids is 1. The maximum Gasteiger partial charge on any atom is 0.335 e. The first-order valence-electron chi connectivity index (χ1n) is 4.61. The number of aromatic nitrogens is 3. The van der Waals surface area contributed by atoms with Crippen molar-refractivity contribution < 1.29 is 9.90 Å². The molecule has 1 aromatic heterocycles. The maximum absolute atomic E-state index is 11.1. The number of rotatable bonds is 1. The summed E-state index contributed by atoms with van der Waals surface area (Å²) in [5.41, 5.74) is 1.06. The van der Waals surface area contributed by atoms with E-state index in [1.165, 1.54) is 6.33 Å². The van der Waals surface area contributed by atoms with Crippen LogP contribution >= 0.6 is 0 Å². The van der Waals surface area contributed by atoms with Crippen LogP contribution in [-0.2, 0) is 4.79 Å². The van der Waals surface area contributed by atoms with Crippen LogP contribution in [0.15, 0.2) is 17.6 Å². The molecule has 0 spiro atoms. The summed E-state index contributed by atoms with van der Waals surface area (Å²) < 4.78 is 1.61. The van der Waals surface area contributed by atoms with E-state index in [1.54, 1.807) is 30.5 Å². The molecular weight excluding hydrogens is 196 g/mol. The van der Waals surface area contributed by atoms with Gasteiger partial charge in [-0.25, -0.2) is 9.48 Å². The van der Waals surface area contributed by atoms with Crippen LogP contribution < -0.4 is 4.90 Å². The standard InChI is InChI=1S/C9H12N4O2/c1-5-7(8(14)15)6(2)13-9(12(5)3)10-4-11-13/h4,6H,1-3H3,(H,14,15)/t6-/m1/s1. The first-order valence-corrected chi connectivity index (χ1v) is 4.61. The van der Waals surface area contributed by atoms with Gasteiger partial charge in [0.25, 0.3) is 0 Å². The summed E-state index contributed by atoms with van der Waals surface area (Å²) in [6, 6.07) is -0.281. The first-order chi connectivity index (χ1) is 7.04. The minimum absolute atomic E-state index is 0.281. The molecule has 0 fully saturated rings. The van der Waals surface area contributed by atoms with Crippen molar-refractivity contribution in [2.75, 3.05) is 11.9 Å². The Kier molecular flexibility index (Phi) is 1.99. The number of carboxylic acid groups (broad SMARTS) is 1. The molecule has 0 saturated carbocycles. The SMILES string of the molecule is CC1=C(C(=O)O)[C@@H](C)n2ncnc2N1C. The van der Waals surface area contributed by atoms with Gasteiger partial charge in [0.2, 0.25) is 5.95 Å². The second-order valence-electron chi connectivity index (χ2n) is 3.54. The van der Waals surface area contributed by atoms with Gasteiger partial charge >= 0.3 is 5.97 Å². The van der Waals surface area contributed by atoms with Gasteiger partial charge in [-0.3, -0.25) is 0 Å². The molecule has 6 nitrogen and oxygen atoms in total. The fraction of sp³-hybridized carbons (Fsp3) is 0.444. The topological polar surface area (TPSA) is 71.2 Å². The molecule has 0 aromatic carbocycles. The zero-order chi connectivity index (χ0) is 11.2. The molecule has 1 aromatic rings. The molecule has 2 heterocycles. The fourth-order valence-electron chi connectivity index (χ4n) is 1.85. The van der Waals surface area contributed by atoms with Crippen LogP contribution in [0.25, 0.3) is 0 Å². The molecule has 0 aliphatic carbocycles. The third-order valence-corrected chi connectivity index (χ3v) is 2.76. The number of carboxylic acids is 1. The Morgan fingerprint density at radius 1 is 1.60 bits per heavy atom. The van der Waals surface area contributed by atoms with E-state index >= 15 is 0 Å².